The molecule has 72 valence electrons. The molecule has 0 heterocycles. The number of nitrogens with zero attached hydrogens (tertiary/aromatic N) is 1. The topological polar surface area (TPSA) is 32.3 Å². The lowest BCUT2D eigenvalue weighted by Crippen LogP contribution is -2.31. The number of carbonyl (C=O) groups excluding carboxylic acids is 1. The van der Waals surface area contributed by atoms with Gasteiger partial charge in [0, 0.05) is 13.1 Å². The fourth-order valence-electron chi connectivity index (χ4n) is 1.03. The molecule has 0 spiro atoms. The largest absolute Gasteiger partial charge is 0.309 e. The molecule has 3 nitrogen and oxygen atoms in total. The van der Waals surface area contributed by atoms with Crippen molar-refractivity contribution in [1.82, 2.24) is 10.2 Å². The van der Waals surface area contributed by atoms with Gasteiger partial charge in [0.2, 0.25) is 0 Å². The second kappa shape index (κ2) is 7.25. The molecule has 3 heteroatoms. The maximum Gasteiger partial charge on any atom is 0.143 e. The van der Waals surface area contributed by atoms with Gasteiger partial charge in [-0.15, -0.1) is 0 Å². The predicted octanol–water partition coefficient (Wildman–Crippen LogP) is 0.507. The van der Waals surface area contributed by atoms with Gasteiger partial charge in [-0.3, -0.25) is 4.79 Å². The Bertz CT molecular complexity index is 126. The first-order valence-corrected chi connectivity index (χ1v) is 4.55. The van der Waals surface area contributed by atoms with Crippen molar-refractivity contribution in [3.05, 3.63) is 0 Å². The van der Waals surface area contributed by atoms with Crippen LogP contribution in [0, 0.1) is 0 Å². The SMILES string of the molecule is CCCN(C)CCNCC(C)=O. The summed E-state index contributed by atoms with van der Waals surface area (Å²) >= 11 is 0. The van der Waals surface area contributed by atoms with E-state index in [2.05, 4.69) is 24.2 Å². The van der Waals surface area contributed by atoms with Crippen molar-refractivity contribution in [2.24, 2.45) is 0 Å². The van der Waals surface area contributed by atoms with Crippen LogP contribution < -0.4 is 5.32 Å². The number of hydrogen-bond donors (Lipinski definition) is 1. The van der Waals surface area contributed by atoms with Gasteiger partial charge in [0.15, 0.2) is 0 Å². The predicted molar refractivity (Wildman–Crippen MR) is 51.3 cm³/mol. The molecular weight excluding hydrogens is 152 g/mol. The Labute approximate surface area is 75.1 Å². The molecule has 1 N–H and O–H groups in total. The van der Waals surface area contributed by atoms with Crippen LogP contribution in [0.25, 0.3) is 0 Å². The number of likely N-dealkylation sites (N-methyl/N-ethyl adjacent to an activating group) is 1. The minimum atomic E-state index is 0.202. The summed E-state index contributed by atoms with van der Waals surface area (Å²) in [7, 11) is 2.10. The van der Waals surface area contributed by atoms with E-state index in [0.29, 0.717) is 6.54 Å². The smallest absolute Gasteiger partial charge is 0.143 e. The van der Waals surface area contributed by atoms with E-state index in [-0.39, 0.29) is 5.78 Å². The van der Waals surface area contributed by atoms with Gasteiger partial charge in [-0.05, 0) is 26.9 Å². The number of Topliss-reactive ketones (excluding diaryl/α,β-unsaturated/α-hetero) is 1. The zero-order chi connectivity index (χ0) is 9.40. The zero-order valence-electron chi connectivity index (χ0n) is 8.39. The summed E-state index contributed by atoms with van der Waals surface area (Å²) in [6.45, 7) is 7.31. The van der Waals surface area contributed by atoms with Crippen molar-refractivity contribution >= 4 is 5.78 Å². The second-order valence-electron chi connectivity index (χ2n) is 3.18. The lowest BCUT2D eigenvalue weighted by Gasteiger charge is -2.14. The second-order valence-corrected chi connectivity index (χ2v) is 3.18. The molecule has 0 unspecified atom stereocenters. The van der Waals surface area contributed by atoms with E-state index in [1.807, 2.05) is 0 Å². The van der Waals surface area contributed by atoms with Gasteiger partial charge in [0.05, 0.1) is 6.54 Å². The van der Waals surface area contributed by atoms with Crippen LogP contribution in [0.5, 0.6) is 0 Å². The van der Waals surface area contributed by atoms with Gasteiger partial charge in [-0.2, -0.15) is 0 Å². The maximum atomic E-state index is 10.5. The third-order valence-corrected chi connectivity index (χ3v) is 1.65. The van der Waals surface area contributed by atoms with Gasteiger partial charge in [0.1, 0.15) is 5.78 Å². The standard InChI is InChI=1S/C9H20N2O/c1-4-6-11(3)7-5-10-8-9(2)12/h10H,4-8H2,1-3H3. The Hall–Kier alpha value is -0.410. The average molecular weight is 172 g/mol. The van der Waals surface area contributed by atoms with Crippen molar-refractivity contribution in [2.45, 2.75) is 20.3 Å². The van der Waals surface area contributed by atoms with Crippen molar-refractivity contribution in [3.63, 3.8) is 0 Å². The average Bonchev–Trinajstić information content (AvgIpc) is 1.98. The van der Waals surface area contributed by atoms with Crippen molar-refractivity contribution in [3.8, 4) is 0 Å². The maximum absolute atomic E-state index is 10.5. The lowest BCUT2D eigenvalue weighted by molar-refractivity contribution is -0.116. The molecule has 0 radical (unpaired) electrons. The molecule has 0 saturated carbocycles. The Morgan fingerprint density at radius 3 is 2.58 bits per heavy atom. The van der Waals surface area contributed by atoms with E-state index in [9.17, 15) is 4.79 Å². The summed E-state index contributed by atoms with van der Waals surface area (Å²) in [6, 6.07) is 0. The van der Waals surface area contributed by atoms with Gasteiger partial charge >= 0.3 is 0 Å². The normalized spacial score (nSPS) is 10.7. The van der Waals surface area contributed by atoms with Crippen molar-refractivity contribution in [1.29, 1.82) is 0 Å². The summed E-state index contributed by atoms with van der Waals surface area (Å²) < 4.78 is 0. The highest BCUT2D eigenvalue weighted by Gasteiger charge is 1.95. The number of ketones is 1. The van der Waals surface area contributed by atoms with Crippen molar-refractivity contribution in [2.75, 3.05) is 33.2 Å². The lowest BCUT2D eigenvalue weighted by atomic mass is 10.4. The fourth-order valence-corrected chi connectivity index (χ4v) is 1.03. The molecule has 0 aliphatic heterocycles. The van der Waals surface area contributed by atoms with Crippen LogP contribution in [0.1, 0.15) is 20.3 Å². The van der Waals surface area contributed by atoms with E-state index >= 15 is 0 Å². The molecular formula is C9H20N2O. The Morgan fingerprint density at radius 2 is 2.08 bits per heavy atom. The number of rotatable bonds is 7. The fraction of sp³-hybridized carbons (Fsp3) is 0.889. The van der Waals surface area contributed by atoms with E-state index < -0.39 is 0 Å². The van der Waals surface area contributed by atoms with E-state index in [1.165, 1.54) is 6.42 Å². The quantitative estimate of drug-likeness (QED) is 0.568. The first-order chi connectivity index (χ1) is 5.66. The molecule has 12 heavy (non-hydrogen) atoms. The molecule has 0 atom stereocenters. The molecule has 0 aromatic rings. The number of hydrogen-bond acceptors (Lipinski definition) is 3. The van der Waals surface area contributed by atoms with Gasteiger partial charge in [0.25, 0.3) is 0 Å². The summed E-state index contributed by atoms with van der Waals surface area (Å²) in [5.74, 6) is 0.202. The first-order valence-electron chi connectivity index (χ1n) is 4.55. The molecule has 0 fully saturated rings. The molecule has 0 bridgehead atoms. The molecule has 0 aromatic heterocycles. The Morgan fingerprint density at radius 1 is 1.42 bits per heavy atom. The van der Waals surface area contributed by atoms with Crippen LogP contribution in [0.15, 0.2) is 0 Å². The van der Waals surface area contributed by atoms with Gasteiger partial charge < -0.3 is 10.2 Å². The Balaban J connectivity index is 3.13. The van der Waals surface area contributed by atoms with Crippen molar-refractivity contribution < 1.29 is 4.79 Å². The minimum absolute atomic E-state index is 0.202. The molecule has 0 aliphatic carbocycles. The first kappa shape index (κ1) is 11.6. The highest BCUT2D eigenvalue weighted by molar-refractivity contribution is 5.77. The minimum Gasteiger partial charge on any atom is -0.309 e. The summed E-state index contributed by atoms with van der Waals surface area (Å²) in [4.78, 5) is 12.8. The third-order valence-electron chi connectivity index (χ3n) is 1.65. The van der Waals surface area contributed by atoms with Gasteiger partial charge in [-0.25, -0.2) is 0 Å². The van der Waals surface area contributed by atoms with E-state index in [1.54, 1.807) is 6.92 Å². The zero-order valence-corrected chi connectivity index (χ0v) is 8.39. The molecule has 0 amide bonds. The number of carbonyl (C=O) groups is 1. The third kappa shape index (κ3) is 7.69. The highest BCUT2D eigenvalue weighted by Crippen LogP contribution is 1.83. The van der Waals surface area contributed by atoms with E-state index in [0.717, 1.165) is 19.6 Å². The monoisotopic (exact) mass is 172 g/mol. The van der Waals surface area contributed by atoms with Crippen LogP contribution in [-0.4, -0.2) is 43.9 Å². The van der Waals surface area contributed by atoms with Crippen LogP contribution in [0.4, 0.5) is 0 Å². The van der Waals surface area contributed by atoms with Crippen LogP contribution >= 0.6 is 0 Å². The van der Waals surface area contributed by atoms with Gasteiger partial charge in [-0.1, -0.05) is 6.92 Å². The van der Waals surface area contributed by atoms with Crippen LogP contribution in [0.2, 0.25) is 0 Å². The molecule has 0 aromatic carbocycles. The van der Waals surface area contributed by atoms with Crippen LogP contribution in [-0.2, 0) is 4.79 Å². The summed E-state index contributed by atoms with van der Waals surface area (Å²) in [6.07, 6.45) is 1.18. The Kier molecular flexibility index (Phi) is 7.00. The summed E-state index contributed by atoms with van der Waals surface area (Å²) in [5.41, 5.74) is 0. The van der Waals surface area contributed by atoms with Crippen LogP contribution in [0.3, 0.4) is 0 Å². The summed E-state index contributed by atoms with van der Waals surface area (Å²) in [5, 5.41) is 3.08. The van der Waals surface area contributed by atoms with E-state index in [4.69, 9.17) is 0 Å². The molecule has 0 aliphatic rings. The number of nitrogens with one attached hydrogen (secondary N) is 1. The molecule has 0 saturated heterocycles. The molecule has 0 rings (SSSR count). The highest BCUT2D eigenvalue weighted by atomic mass is 16.1.